The molecule has 0 bridgehead atoms. The van der Waals surface area contributed by atoms with Crippen LogP contribution in [0.1, 0.15) is 125 Å². The molecule has 0 aromatic carbocycles. The van der Waals surface area contributed by atoms with E-state index in [0.29, 0.717) is 13.0 Å². The molecule has 0 rings (SSSR count). The van der Waals surface area contributed by atoms with E-state index in [9.17, 15) is 19.2 Å². The molecule has 0 aliphatic rings. The van der Waals surface area contributed by atoms with Crippen LogP contribution in [0.3, 0.4) is 0 Å². The number of esters is 2. The summed E-state index contributed by atoms with van der Waals surface area (Å²) in [6.07, 6.45) is 13.4. The minimum absolute atomic E-state index is 0.0969. The first-order chi connectivity index (χ1) is 17.7. The van der Waals surface area contributed by atoms with Crippen molar-refractivity contribution in [1.82, 2.24) is 10.2 Å². The summed E-state index contributed by atoms with van der Waals surface area (Å²) in [6, 6.07) is 0. The number of hydrogen-bond donors (Lipinski definition) is 1. The summed E-state index contributed by atoms with van der Waals surface area (Å²) in [7, 11) is 1.23. The largest absolute Gasteiger partial charge is 0.468 e. The second-order valence-electron chi connectivity index (χ2n) is 11.8. The molecule has 0 heterocycles. The molecule has 222 valence electrons. The fourth-order valence-electron chi connectivity index (χ4n) is 3.74. The lowest BCUT2D eigenvalue weighted by Crippen LogP contribution is -2.45. The van der Waals surface area contributed by atoms with Gasteiger partial charge >= 0.3 is 18.0 Å². The highest BCUT2D eigenvalue weighted by Crippen LogP contribution is 2.14. The zero-order valence-electron chi connectivity index (χ0n) is 25.1. The molecule has 0 saturated heterocycles. The topological polar surface area (TPSA) is 111 Å². The number of hydrogen-bond acceptors (Lipinski definition) is 7. The molecule has 0 atom stereocenters. The average molecular weight is 543 g/mol. The second-order valence-corrected chi connectivity index (χ2v) is 11.8. The number of carbonyl (C=O) groups excluding carboxylic acids is 4. The summed E-state index contributed by atoms with van der Waals surface area (Å²) in [5.74, 6) is -1.04. The number of unbranched alkanes of at least 4 members (excludes halogenated alkanes) is 11. The van der Waals surface area contributed by atoms with Gasteiger partial charge < -0.3 is 19.5 Å². The lowest BCUT2D eigenvalue weighted by Gasteiger charge is -2.26. The molecule has 1 N–H and O–H groups in total. The summed E-state index contributed by atoms with van der Waals surface area (Å²) >= 11 is 0. The Kier molecular flexibility index (Phi) is 18.5. The van der Waals surface area contributed by atoms with E-state index in [1.807, 2.05) is 20.8 Å². The van der Waals surface area contributed by atoms with Gasteiger partial charge in [0.05, 0.1) is 7.11 Å². The van der Waals surface area contributed by atoms with Crippen molar-refractivity contribution in [3.63, 3.8) is 0 Å². The Morgan fingerprint density at radius 2 is 1.05 bits per heavy atom. The van der Waals surface area contributed by atoms with Crippen molar-refractivity contribution in [2.24, 2.45) is 0 Å². The van der Waals surface area contributed by atoms with Crippen LogP contribution in [0.5, 0.6) is 0 Å². The number of amides is 2. The maximum absolute atomic E-state index is 12.3. The number of nitrogens with one attached hydrogen (secondary N) is 1. The van der Waals surface area contributed by atoms with Gasteiger partial charge in [-0.25, -0.2) is 4.79 Å². The predicted octanol–water partition coefficient (Wildman–Crippen LogP) is 5.93. The number of ether oxygens (including phenoxy) is 3. The molecule has 0 saturated carbocycles. The van der Waals surface area contributed by atoms with Crippen LogP contribution in [0.25, 0.3) is 0 Å². The molecule has 2 amide bonds. The molecule has 0 unspecified atom stereocenters. The van der Waals surface area contributed by atoms with E-state index in [4.69, 9.17) is 9.47 Å². The third kappa shape index (κ3) is 22.8. The molecule has 0 aliphatic heterocycles. The number of methoxy groups -OCH3 is 1. The smallest absolute Gasteiger partial charge is 0.411 e. The van der Waals surface area contributed by atoms with Crippen LogP contribution >= 0.6 is 0 Å². The van der Waals surface area contributed by atoms with Gasteiger partial charge in [-0.15, -0.1) is 0 Å². The predicted molar refractivity (Wildman–Crippen MR) is 149 cm³/mol. The van der Waals surface area contributed by atoms with Gasteiger partial charge in [0.2, 0.25) is 5.91 Å². The first kappa shape index (κ1) is 35.7. The highest BCUT2D eigenvalue weighted by Gasteiger charge is 2.26. The second kappa shape index (κ2) is 19.7. The monoisotopic (exact) mass is 542 g/mol. The fourth-order valence-corrected chi connectivity index (χ4v) is 3.74. The summed E-state index contributed by atoms with van der Waals surface area (Å²) in [6.45, 7) is 10.8. The SMILES string of the molecule is COC(=O)CN(CC(=O)NCCCCCCCCCCCCCCC(=O)OC(C)(C)C)C(=O)OC(C)(C)C. The minimum Gasteiger partial charge on any atom is -0.468 e. The molecule has 0 aromatic heterocycles. The molecular formula is C29H54N2O7. The van der Waals surface area contributed by atoms with Gasteiger partial charge in [-0.3, -0.25) is 19.3 Å². The third-order valence-corrected chi connectivity index (χ3v) is 5.58. The maximum atomic E-state index is 12.3. The van der Waals surface area contributed by atoms with Gasteiger partial charge in [-0.2, -0.15) is 0 Å². The summed E-state index contributed by atoms with van der Waals surface area (Å²) in [4.78, 5) is 48.9. The van der Waals surface area contributed by atoms with Gasteiger partial charge in [-0.1, -0.05) is 64.2 Å². The van der Waals surface area contributed by atoms with E-state index >= 15 is 0 Å². The van der Waals surface area contributed by atoms with E-state index in [-0.39, 0.29) is 25.0 Å². The van der Waals surface area contributed by atoms with Crippen molar-refractivity contribution in [1.29, 1.82) is 0 Å². The van der Waals surface area contributed by atoms with E-state index in [1.165, 1.54) is 52.1 Å². The van der Waals surface area contributed by atoms with Gasteiger partial charge in [0.15, 0.2) is 0 Å². The zero-order valence-corrected chi connectivity index (χ0v) is 25.1. The molecular weight excluding hydrogens is 488 g/mol. The van der Waals surface area contributed by atoms with Crippen LogP contribution in [-0.4, -0.2) is 66.8 Å². The van der Waals surface area contributed by atoms with Gasteiger partial charge in [0.1, 0.15) is 24.3 Å². The highest BCUT2D eigenvalue weighted by atomic mass is 16.6. The quantitative estimate of drug-likeness (QED) is 0.122. The van der Waals surface area contributed by atoms with Crippen molar-refractivity contribution >= 4 is 23.9 Å². The van der Waals surface area contributed by atoms with Gasteiger partial charge in [-0.05, 0) is 54.4 Å². The summed E-state index contributed by atoms with van der Waals surface area (Å²) in [5.41, 5.74) is -1.12. The zero-order chi connectivity index (χ0) is 29.0. The molecule has 0 fully saturated rings. The summed E-state index contributed by atoms with van der Waals surface area (Å²) < 4.78 is 15.2. The van der Waals surface area contributed by atoms with Crippen molar-refractivity contribution in [2.45, 2.75) is 136 Å². The van der Waals surface area contributed by atoms with E-state index in [2.05, 4.69) is 10.1 Å². The third-order valence-electron chi connectivity index (χ3n) is 5.58. The van der Waals surface area contributed by atoms with Crippen molar-refractivity contribution in [3.05, 3.63) is 0 Å². The maximum Gasteiger partial charge on any atom is 0.411 e. The average Bonchev–Trinajstić information content (AvgIpc) is 2.78. The van der Waals surface area contributed by atoms with Gasteiger partial charge in [0.25, 0.3) is 0 Å². The Hall–Kier alpha value is -2.32. The van der Waals surface area contributed by atoms with E-state index in [0.717, 1.165) is 37.0 Å². The Bertz CT molecular complexity index is 696. The molecule has 0 aromatic rings. The Balaban J connectivity index is 3.76. The molecule has 38 heavy (non-hydrogen) atoms. The van der Waals surface area contributed by atoms with Crippen LogP contribution < -0.4 is 5.32 Å². The van der Waals surface area contributed by atoms with Crippen LogP contribution in [0.15, 0.2) is 0 Å². The van der Waals surface area contributed by atoms with E-state index < -0.39 is 23.3 Å². The fraction of sp³-hybridized carbons (Fsp3) is 0.862. The normalized spacial score (nSPS) is 11.6. The standard InChI is InChI=1S/C29H54N2O7/c1-28(2,3)37-25(33)20-18-16-14-12-10-8-9-11-13-15-17-19-21-30-24(32)22-31(23-26(34)36-7)27(35)38-29(4,5)6/h8-23H2,1-7H3,(H,30,32). The molecule has 0 spiro atoms. The lowest BCUT2D eigenvalue weighted by molar-refractivity contribution is -0.155. The number of carbonyl (C=O) groups is 4. The highest BCUT2D eigenvalue weighted by molar-refractivity contribution is 5.85. The lowest BCUT2D eigenvalue weighted by atomic mass is 10.0. The van der Waals surface area contributed by atoms with E-state index in [1.54, 1.807) is 20.8 Å². The van der Waals surface area contributed by atoms with Crippen LogP contribution in [-0.2, 0) is 28.6 Å². The van der Waals surface area contributed by atoms with Crippen LogP contribution in [0.4, 0.5) is 4.79 Å². The Morgan fingerprint density at radius 3 is 1.50 bits per heavy atom. The van der Waals surface area contributed by atoms with Crippen LogP contribution in [0, 0.1) is 0 Å². The Morgan fingerprint density at radius 1 is 0.605 bits per heavy atom. The van der Waals surface area contributed by atoms with Crippen molar-refractivity contribution in [2.75, 3.05) is 26.7 Å². The summed E-state index contributed by atoms with van der Waals surface area (Å²) in [5, 5.41) is 2.81. The van der Waals surface area contributed by atoms with Crippen LogP contribution in [0.2, 0.25) is 0 Å². The molecule has 0 aliphatic carbocycles. The molecule has 9 nitrogen and oxygen atoms in total. The first-order valence-electron chi connectivity index (χ1n) is 14.3. The van der Waals surface area contributed by atoms with Crippen molar-refractivity contribution in [3.8, 4) is 0 Å². The Labute approximate surface area is 230 Å². The van der Waals surface area contributed by atoms with Crippen molar-refractivity contribution < 1.29 is 33.4 Å². The number of rotatable bonds is 19. The first-order valence-corrected chi connectivity index (χ1v) is 14.3. The minimum atomic E-state index is -0.730. The van der Waals surface area contributed by atoms with Gasteiger partial charge in [0, 0.05) is 13.0 Å². The molecule has 0 radical (unpaired) electrons. The molecule has 9 heteroatoms. The number of nitrogens with zero attached hydrogens (tertiary/aromatic N) is 1.